The van der Waals surface area contributed by atoms with Gasteiger partial charge in [-0.1, -0.05) is 18.2 Å². The Morgan fingerprint density at radius 3 is 2.60 bits per heavy atom. The second-order valence-electron chi connectivity index (χ2n) is 3.52. The fraction of sp³-hybridized carbons (Fsp3) is 0.273. The van der Waals surface area contributed by atoms with Gasteiger partial charge < -0.3 is 4.90 Å². The zero-order valence-electron chi connectivity index (χ0n) is 8.51. The molecule has 0 atom stereocenters. The molecule has 3 nitrogen and oxygen atoms in total. The second-order valence-corrected chi connectivity index (χ2v) is 3.88. The summed E-state index contributed by atoms with van der Waals surface area (Å²) in [6, 6.07) is 9.51. The van der Waals surface area contributed by atoms with Crippen LogP contribution < -0.4 is 4.90 Å². The van der Waals surface area contributed by atoms with Crippen LogP contribution in [0.15, 0.2) is 30.3 Å². The molecular formula is C11H12N2OS. The first-order valence-electron chi connectivity index (χ1n) is 4.83. The Bertz CT molecular complexity index is 391. The second kappa shape index (κ2) is 3.98. The molecule has 1 aromatic rings. The third-order valence-corrected chi connectivity index (χ3v) is 2.94. The van der Waals surface area contributed by atoms with E-state index >= 15 is 0 Å². The summed E-state index contributed by atoms with van der Waals surface area (Å²) < 4.78 is 0. The topological polar surface area (TPSA) is 23.6 Å². The average molecular weight is 220 g/mol. The van der Waals surface area contributed by atoms with Crippen molar-refractivity contribution in [2.75, 3.05) is 18.5 Å². The summed E-state index contributed by atoms with van der Waals surface area (Å²) in [4.78, 5) is 15.3. The summed E-state index contributed by atoms with van der Waals surface area (Å²) in [5, 5.41) is 0.581. The van der Waals surface area contributed by atoms with E-state index in [0.717, 1.165) is 5.69 Å². The van der Waals surface area contributed by atoms with Gasteiger partial charge in [0.1, 0.15) is 0 Å². The van der Waals surface area contributed by atoms with Crippen LogP contribution in [0.5, 0.6) is 0 Å². The van der Waals surface area contributed by atoms with Gasteiger partial charge in [-0.2, -0.15) is 0 Å². The third-order valence-electron chi connectivity index (χ3n) is 2.44. The van der Waals surface area contributed by atoms with E-state index in [1.54, 1.807) is 4.90 Å². The highest BCUT2D eigenvalue weighted by Gasteiger charge is 2.27. The van der Waals surface area contributed by atoms with Crippen LogP contribution in [0.2, 0.25) is 0 Å². The molecule has 0 spiro atoms. The van der Waals surface area contributed by atoms with Gasteiger partial charge in [0.2, 0.25) is 5.91 Å². The predicted molar refractivity (Wildman–Crippen MR) is 63.8 cm³/mol. The molecule has 78 valence electrons. The van der Waals surface area contributed by atoms with Crippen molar-refractivity contribution >= 4 is 28.9 Å². The zero-order chi connectivity index (χ0) is 10.8. The van der Waals surface area contributed by atoms with Crippen LogP contribution in [-0.4, -0.2) is 29.5 Å². The maximum Gasteiger partial charge on any atom is 0.235 e. The van der Waals surface area contributed by atoms with Crippen molar-refractivity contribution in [3.8, 4) is 0 Å². The van der Waals surface area contributed by atoms with Crippen LogP contribution >= 0.6 is 12.2 Å². The van der Waals surface area contributed by atoms with Crippen molar-refractivity contribution in [3.63, 3.8) is 0 Å². The Kier molecular flexibility index (Phi) is 2.68. The molecule has 0 N–H and O–H groups in total. The van der Waals surface area contributed by atoms with Crippen LogP contribution in [0.3, 0.4) is 0 Å². The summed E-state index contributed by atoms with van der Waals surface area (Å²) in [5.41, 5.74) is 0.846. The summed E-state index contributed by atoms with van der Waals surface area (Å²) in [5.74, 6) is 0.0734. The van der Waals surface area contributed by atoms with Crippen molar-refractivity contribution in [1.82, 2.24) is 4.90 Å². The highest BCUT2D eigenvalue weighted by atomic mass is 32.1. The maximum absolute atomic E-state index is 11.8. The minimum Gasteiger partial charge on any atom is -0.351 e. The van der Waals surface area contributed by atoms with Crippen molar-refractivity contribution in [1.29, 1.82) is 0 Å². The molecule has 4 heteroatoms. The van der Waals surface area contributed by atoms with Crippen molar-refractivity contribution < 1.29 is 4.79 Å². The molecule has 0 unspecified atom stereocenters. The molecule has 1 fully saturated rings. The molecule has 2 rings (SSSR count). The number of para-hydroxylation sites is 1. The number of amides is 1. The zero-order valence-corrected chi connectivity index (χ0v) is 9.33. The number of rotatable bonds is 1. The van der Waals surface area contributed by atoms with Gasteiger partial charge in [-0.3, -0.25) is 9.69 Å². The molecule has 1 heterocycles. The summed E-state index contributed by atoms with van der Waals surface area (Å²) >= 11 is 5.24. The predicted octanol–water partition coefficient (Wildman–Crippen LogP) is 1.64. The van der Waals surface area contributed by atoms with Gasteiger partial charge >= 0.3 is 0 Å². The third kappa shape index (κ3) is 1.85. The Labute approximate surface area is 94.3 Å². The van der Waals surface area contributed by atoms with Crippen molar-refractivity contribution in [2.24, 2.45) is 0 Å². The first-order valence-corrected chi connectivity index (χ1v) is 5.24. The first-order chi connectivity index (χ1) is 7.20. The Hall–Kier alpha value is -1.42. The van der Waals surface area contributed by atoms with Crippen LogP contribution in [0, 0.1) is 0 Å². The number of nitrogens with zero attached hydrogens (tertiary/aromatic N) is 2. The van der Waals surface area contributed by atoms with Gasteiger partial charge in [0.05, 0.1) is 5.69 Å². The highest BCUT2D eigenvalue weighted by Crippen LogP contribution is 2.19. The van der Waals surface area contributed by atoms with Gasteiger partial charge in [-0.05, 0) is 24.4 Å². The number of thiocarbonyl (C=S) groups is 1. The van der Waals surface area contributed by atoms with Gasteiger partial charge in [0.15, 0.2) is 5.11 Å². The van der Waals surface area contributed by atoms with Crippen LogP contribution in [0.1, 0.15) is 6.42 Å². The van der Waals surface area contributed by atoms with E-state index in [2.05, 4.69) is 0 Å². The molecule has 15 heavy (non-hydrogen) atoms. The van der Waals surface area contributed by atoms with Crippen molar-refractivity contribution in [2.45, 2.75) is 6.42 Å². The lowest BCUT2D eigenvalue weighted by atomic mass is 10.2. The molecule has 1 amide bonds. The summed E-state index contributed by atoms with van der Waals surface area (Å²) in [6.07, 6.45) is 0.519. The molecule has 1 saturated heterocycles. The van der Waals surface area contributed by atoms with E-state index in [1.807, 2.05) is 42.3 Å². The van der Waals surface area contributed by atoms with Crippen LogP contribution in [-0.2, 0) is 4.79 Å². The van der Waals surface area contributed by atoms with Crippen LogP contribution in [0.25, 0.3) is 0 Å². The Morgan fingerprint density at radius 2 is 1.93 bits per heavy atom. The lowest BCUT2D eigenvalue weighted by molar-refractivity contribution is -0.118. The standard InChI is InChI=1S/C11H12N2OS/c1-12-8-7-10(14)13(11(12)15)9-5-3-2-4-6-9/h2-6H,7-8H2,1H3. The minimum atomic E-state index is 0.0734. The molecule has 0 aromatic heterocycles. The number of hydrogen-bond donors (Lipinski definition) is 0. The molecule has 1 aliphatic heterocycles. The van der Waals surface area contributed by atoms with E-state index in [-0.39, 0.29) is 5.91 Å². The highest BCUT2D eigenvalue weighted by molar-refractivity contribution is 7.80. The van der Waals surface area contributed by atoms with Gasteiger partial charge in [-0.25, -0.2) is 0 Å². The van der Waals surface area contributed by atoms with E-state index in [9.17, 15) is 4.79 Å². The average Bonchev–Trinajstić information content (AvgIpc) is 2.26. The number of carbonyl (C=O) groups excluding carboxylic acids is 1. The Balaban J connectivity index is 2.34. The molecule has 0 aliphatic carbocycles. The molecule has 0 bridgehead atoms. The molecule has 0 saturated carbocycles. The maximum atomic E-state index is 11.8. The molecular weight excluding hydrogens is 208 g/mol. The van der Waals surface area contributed by atoms with E-state index in [4.69, 9.17) is 12.2 Å². The largest absolute Gasteiger partial charge is 0.351 e. The molecule has 0 radical (unpaired) electrons. The lowest BCUT2D eigenvalue weighted by Gasteiger charge is -2.34. The summed E-state index contributed by atoms with van der Waals surface area (Å²) in [6.45, 7) is 0.709. The number of carbonyl (C=O) groups is 1. The SMILES string of the molecule is CN1CCC(=O)N(c2ccccc2)C1=S. The van der Waals surface area contributed by atoms with Crippen LogP contribution in [0.4, 0.5) is 5.69 Å². The fourth-order valence-corrected chi connectivity index (χ4v) is 1.88. The number of benzene rings is 1. The number of hydrogen-bond acceptors (Lipinski definition) is 2. The summed E-state index contributed by atoms with van der Waals surface area (Å²) in [7, 11) is 1.91. The van der Waals surface area contributed by atoms with E-state index in [0.29, 0.717) is 18.1 Å². The quantitative estimate of drug-likeness (QED) is 0.672. The molecule has 1 aromatic carbocycles. The van der Waals surface area contributed by atoms with Gasteiger partial charge in [-0.15, -0.1) is 0 Å². The molecule has 1 aliphatic rings. The fourth-order valence-electron chi connectivity index (χ4n) is 1.58. The smallest absolute Gasteiger partial charge is 0.235 e. The normalized spacial score (nSPS) is 17.1. The van der Waals surface area contributed by atoms with Crippen molar-refractivity contribution in [3.05, 3.63) is 30.3 Å². The van der Waals surface area contributed by atoms with Gasteiger partial charge in [0.25, 0.3) is 0 Å². The first kappa shape index (κ1) is 10.1. The van der Waals surface area contributed by atoms with E-state index in [1.165, 1.54) is 0 Å². The van der Waals surface area contributed by atoms with E-state index < -0.39 is 0 Å². The lowest BCUT2D eigenvalue weighted by Crippen LogP contribution is -2.50. The number of anilines is 1. The van der Waals surface area contributed by atoms with Gasteiger partial charge in [0, 0.05) is 20.0 Å². The monoisotopic (exact) mass is 220 g/mol. The minimum absolute atomic E-state index is 0.0734. The Morgan fingerprint density at radius 1 is 1.27 bits per heavy atom.